The molecule has 0 fully saturated rings. The molecule has 1 radical (unpaired) electrons. The van der Waals surface area contributed by atoms with Gasteiger partial charge < -0.3 is 74.2 Å². The fraction of sp³-hybridized carbons (Fsp3) is 0.500. The van der Waals surface area contributed by atoms with Gasteiger partial charge in [-0.2, -0.15) is 0 Å². The Bertz CT molecular complexity index is 807. The van der Waals surface area contributed by atoms with Crippen LogP contribution < -0.4 is 102 Å². The number of rotatable bonds is 5. The van der Waals surface area contributed by atoms with Crippen molar-refractivity contribution >= 4 is 75.6 Å². The van der Waals surface area contributed by atoms with E-state index in [2.05, 4.69) is 0 Å². The average molecular weight is 699 g/mol. The second-order valence-corrected chi connectivity index (χ2v) is 6.87. The molecule has 22 nitrogen and oxygen atoms in total. The van der Waals surface area contributed by atoms with Crippen molar-refractivity contribution in [3.8, 4) is 0 Å². The molecule has 9 N–H and O–H groups in total. The summed E-state index contributed by atoms with van der Waals surface area (Å²) in [6.07, 6.45) is -2.59. The van der Waals surface area contributed by atoms with Gasteiger partial charge in [-0.25, -0.2) is 4.79 Å². The van der Waals surface area contributed by atoms with Crippen LogP contribution >= 0.6 is 7.82 Å². The van der Waals surface area contributed by atoms with Crippen molar-refractivity contribution in [2.45, 2.75) is 25.4 Å². The van der Waals surface area contributed by atoms with Crippen LogP contribution in [0.1, 0.15) is 19.8 Å². The standard InChI is InChI=1S/C6H8O7.C2H4O2.K.Mg.Mn.H3N.Na.H3O4P.2H2O4S/c7-3(8)1-6(13,5(11)12)2-4(9)10;1-2(3)4;;;;;;3*1-5(2,3)4/h13H,1-2H2,(H,7,8)(H,9,10)(H,11,12);1H3,(H,3,4);;;;1H3;;(H3,1,2,3,4);2*(H2,1,2,3,4)/q;;+1;2*+2;;+1;;;/p-6. The van der Waals surface area contributed by atoms with E-state index in [9.17, 15) is 24.6 Å². The fourth-order valence-electron chi connectivity index (χ4n) is 0.691. The first-order valence-electron chi connectivity index (χ1n) is 6.16. The summed E-state index contributed by atoms with van der Waals surface area (Å²) >= 11 is 0. The molecule has 0 aromatic heterocycles. The Hall–Kier alpha value is 1.57. The summed E-state index contributed by atoms with van der Waals surface area (Å²) in [7, 11) is -15.2. The van der Waals surface area contributed by atoms with Gasteiger partial charge in [0, 0.05) is 52.5 Å². The number of hydrogen-bond donors (Lipinski definition) is 6. The minimum atomic E-state index is -5.17. The number of aliphatic carboxylic acids is 4. The summed E-state index contributed by atoms with van der Waals surface area (Å²) in [5, 5.41) is 44.6. The molecule has 0 bridgehead atoms. The van der Waals surface area contributed by atoms with Crippen LogP contribution in [0.4, 0.5) is 0 Å². The van der Waals surface area contributed by atoms with Crippen LogP contribution in [0.5, 0.6) is 0 Å². The van der Waals surface area contributed by atoms with Crippen LogP contribution in [0, 0.1) is 0 Å². The number of carboxylic acids is 4. The molecule has 207 valence electrons. The number of carbonyl (C=O) groups is 4. The van der Waals surface area contributed by atoms with Crippen molar-refractivity contribution in [3.05, 3.63) is 0 Å². The average Bonchev–Trinajstić information content (AvgIpc) is 2.28. The molecular weight excluding hydrogens is 683 g/mol. The number of quaternary nitrogens is 1. The molecule has 0 atom stereocenters. The van der Waals surface area contributed by atoms with Crippen molar-refractivity contribution < 1.29 is 197 Å². The van der Waals surface area contributed by atoms with Crippen molar-refractivity contribution in [1.29, 1.82) is 0 Å². The molecule has 0 aromatic rings. The molecular formula is C8H16KMgMnNNaO21PS2. The monoisotopic (exact) mass is 698 g/mol. The number of carbonyl (C=O) groups excluding carboxylic acids is 2. The SMILES string of the molecule is CC(=O)O.O=C([O-])CC(O)(CC(=O)[O-])C(=O)O.O=P([O-])(O)O.O=S(=O)([O-])[O-].O=S(=O)([O-])[O-].[K+].[Mg+2].[Mn+2].[NH4+].[Na+]. The van der Waals surface area contributed by atoms with Gasteiger partial charge in [-0.1, -0.05) is 0 Å². The maximum Gasteiger partial charge on any atom is 2.00 e. The smallest absolute Gasteiger partial charge is 0.759 e. The Kier molecular flexibility index (Phi) is 57.9. The zero-order chi connectivity index (χ0) is 27.7. The zero-order valence-electron chi connectivity index (χ0n) is 19.0. The van der Waals surface area contributed by atoms with E-state index in [4.69, 9.17) is 74.4 Å². The first kappa shape index (κ1) is 66.7. The van der Waals surface area contributed by atoms with Crippen molar-refractivity contribution in [2.24, 2.45) is 0 Å². The Morgan fingerprint density at radius 2 is 0.946 bits per heavy atom. The summed E-state index contributed by atoms with van der Waals surface area (Å²) < 4.78 is 76.9. The molecule has 0 unspecified atom stereocenters. The van der Waals surface area contributed by atoms with Gasteiger partial charge in [0.15, 0.2) is 5.60 Å². The van der Waals surface area contributed by atoms with Crippen LogP contribution in [0.3, 0.4) is 0 Å². The predicted octanol–water partition coefficient (Wildman–Crippen LogP) is -14.1. The molecule has 0 rings (SSSR count). The van der Waals surface area contributed by atoms with E-state index < -0.39 is 70.9 Å². The molecule has 0 aromatic carbocycles. The van der Waals surface area contributed by atoms with Crippen LogP contribution in [0.25, 0.3) is 0 Å². The zero-order valence-corrected chi connectivity index (χ0v) is 29.3. The van der Waals surface area contributed by atoms with Gasteiger partial charge in [0.25, 0.3) is 13.8 Å². The van der Waals surface area contributed by atoms with Gasteiger partial charge in [-0.05, 0) is 0 Å². The van der Waals surface area contributed by atoms with Crippen LogP contribution in [0.2, 0.25) is 0 Å². The van der Waals surface area contributed by atoms with E-state index in [-0.39, 0.29) is 127 Å². The normalized spacial score (nSPS) is 9.22. The molecule has 0 spiro atoms. The Morgan fingerprint density at radius 1 is 0.838 bits per heavy atom. The number of aliphatic hydroxyl groups is 1. The third-order valence-electron chi connectivity index (χ3n) is 1.27. The van der Waals surface area contributed by atoms with Crippen molar-refractivity contribution in [3.63, 3.8) is 0 Å². The van der Waals surface area contributed by atoms with Crippen molar-refractivity contribution in [2.75, 3.05) is 0 Å². The number of carboxylic acid groups (broad SMARTS) is 4. The summed E-state index contributed by atoms with van der Waals surface area (Å²) in [6.45, 7) is 1.08. The molecule has 0 aliphatic rings. The van der Waals surface area contributed by atoms with Gasteiger partial charge in [-0.15, -0.1) is 0 Å². The summed E-state index contributed by atoms with van der Waals surface area (Å²) in [5.41, 5.74) is -2.86. The molecule has 37 heavy (non-hydrogen) atoms. The Morgan fingerprint density at radius 3 is 1.00 bits per heavy atom. The molecule has 0 saturated heterocycles. The van der Waals surface area contributed by atoms with Gasteiger partial charge in [-0.3, -0.25) is 26.2 Å². The number of hydrogen-bond acceptors (Lipinski definition) is 17. The summed E-state index contributed by atoms with van der Waals surface area (Å²) in [4.78, 5) is 62.1. The first-order valence-corrected chi connectivity index (χ1v) is 10.4. The largest absolute Gasteiger partial charge is 2.00 e. The maximum atomic E-state index is 10.3. The van der Waals surface area contributed by atoms with Gasteiger partial charge in [0.1, 0.15) is 0 Å². The molecule has 29 heteroatoms. The van der Waals surface area contributed by atoms with Gasteiger partial charge in [0.2, 0.25) is 0 Å². The molecule has 0 aliphatic carbocycles. The molecule has 0 heterocycles. The summed E-state index contributed by atoms with van der Waals surface area (Å²) in [6, 6.07) is 0. The minimum Gasteiger partial charge on any atom is -0.759 e. The van der Waals surface area contributed by atoms with E-state index in [1.54, 1.807) is 0 Å². The first-order chi connectivity index (χ1) is 13.5. The van der Waals surface area contributed by atoms with Crippen molar-refractivity contribution in [1.82, 2.24) is 6.15 Å². The molecule has 0 amide bonds. The molecule has 0 aliphatic heterocycles. The van der Waals surface area contributed by atoms with E-state index in [0.29, 0.717) is 0 Å². The van der Waals surface area contributed by atoms with Crippen LogP contribution in [0.15, 0.2) is 0 Å². The van der Waals surface area contributed by atoms with Gasteiger partial charge in [0.05, 0.1) is 0 Å². The van der Waals surface area contributed by atoms with E-state index >= 15 is 0 Å². The van der Waals surface area contributed by atoms with Gasteiger partial charge >= 0.3 is 127 Å². The second-order valence-electron chi connectivity index (χ2n) is 4.26. The second kappa shape index (κ2) is 32.1. The Balaban J connectivity index is -0.0000000326. The fourth-order valence-corrected chi connectivity index (χ4v) is 0.691. The van der Waals surface area contributed by atoms with E-state index in [0.717, 1.165) is 6.92 Å². The molecule has 0 saturated carbocycles. The summed E-state index contributed by atoms with van der Waals surface area (Å²) in [5.74, 6) is -6.49. The van der Waals surface area contributed by atoms with Crippen LogP contribution in [-0.2, 0) is 61.6 Å². The third-order valence-corrected chi connectivity index (χ3v) is 1.27. The maximum absolute atomic E-state index is 10.3. The number of phosphoric acid groups is 1. The van der Waals surface area contributed by atoms with Crippen LogP contribution in [-0.4, -0.2) is 113 Å². The van der Waals surface area contributed by atoms with E-state index in [1.807, 2.05) is 0 Å². The predicted molar refractivity (Wildman–Crippen MR) is 89.9 cm³/mol. The van der Waals surface area contributed by atoms with E-state index in [1.165, 1.54) is 0 Å². The minimum absolute atomic E-state index is 0. The topological polar surface area (TPSA) is 453 Å². The Labute approximate surface area is 299 Å². The third kappa shape index (κ3) is 154. The quantitative estimate of drug-likeness (QED) is 0.0671.